The van der Waals surface area contributed by atoms with E-state index in [1.165, 1.54) is 25.1 Å². The highest BCUT2D eigenvalue weighted by atomic mass is 35.5. The summed E-state index contributed by atoms with van der Waals surface area (Å²) in [6.07, 6.45) is 2.36. The molecule has 1 atom stereocenters. The van der Waals surface area contributed by atoms with Crippen LogP contribution >= 0.6 is 11.6 Å². The zero-order valence-corrected chi connectivity index (χ0v) is 28.2. The summed E-state index contributed by atoms with van der Waals surface area (Å²) in [4.78, 5) is 54.9. The molecule has 0 saturated carbocycles. The van der Waals surface area contributed by atoms with E-state index in [4.69, 9.17) is 16.3 Å². The number of benzene rings is 3. The van der Waals surface area contributed by atoms with Gasteiger partial charge in [0, 0.05) is 56.1 Å². The van der Waals surface area contributed by atoms with Crippen molar-refractivity contribution < 1.29 is 28.3 Å². The Balaban J connectivity index is 1.23. The molecule has 252 valence electrons. The molecule has 3 saturated heterocycles. The first-order chi connectivity index (χ1) is 22.9. The van der Waals surface area contributed by atoms with Gasteiger partial charge < -0.3 is 20.3 Å². The summed E-state index contributed by atoms with van der Waals surface area (Å²) in [5.74, 6) is -1.96. The molecule has 12 heteroatoms. The SMILES string of the molecule is COc1cc(-c2cccc(-c3cccc(NC(=O)C4CN(C)C(=O)N(C)C4=O)c3C)c2Cl)cc(F)c1CN1CCC2(CCNC2=O)CC1. The van der Waals surface area contributed by atoms with E-state index in [1.54, 1.807) is 25.2 Å². The third kappa shape index (κ3) is 6.01. The maximum atomic E-state index is 15.8. The molecule has 3 aliphatic heterocycles. The number of rotatable bonds is 7. The van der Waals surface area contributed by atoms with Crippen LogP contribution in [0.4, 0.5) is 14.9 Å². The molecule has 0 radical (unpaired) electrons. The maximum absolute atomic E-state index is 15.8. The lowest BCUT2D eigenvalue weighted by Crippen LogP contribution is -2.56. The number of nitrogens with zero attached hydrogens (tertiary/aromatic N) is 3. The largest absolute Gasteiger partial charge is 0.496 e. The Labute approximate surface area is 284 Å². The highest BCUT2D eigenvalue weighted by Crippen LogP contribution is 2.42. The molecule has 1 spiro atoms. The molecule has 0 aliphatic carbocycles. The van der Waals surface area contributed by atoms with Crippen molar-refractivity contribution in [3.63, 3.8) is 0 Å². The minimum absolute atomic E-state index is 0.0171. The van der Waals surface area contributed by atoms with Crippen molar-refractivity contribution in [1.82, 2.24) is 20.0 Å². The molecule has 10 nitrogen and oxygen atoms in total. The van der Waals surface area contributed by atoms with Gasteiger partial charge in [-0.3, -0.25) is 24.2 Å². The Morgan fingerprint density at radius 1 is 1.04 bits per heavy atom. The first-order valence-corrected chi connectivity index (χ1v) is 16.4. The molecule has 1 unspecified atom stereocenters. The van der Waals surface area contributed by atoms with E-state index in [9.17, 15) is 19.2 Å². The van der Waals surface area contributed by atoms with Crippen molar-refractivity contribution in [3.8, 4) is 28.0 Å². The number of imide groups is 1. The zero-order chi connectivity index (χ0) is 34.3. The number of piperidine rings is 1. The summed E-state index contributed by atoms with van der Waals surface area (Å²) in [6, 6.07) is 13.7. The summed E-state index contributed by atoms with van der Waals surface area (Å²) >= 11 is 7.03. The molecular weight excluding hydrogens is 637 g/mol. The van der Waals surface area contributed by atoms with Crippen LogP contribution in [0.3, 0.4) is 0 Å². The number of anilines is 1. The minimum Gasteiger partial charge on any atom is -0.496 e. The summed E-state index contributed by atoms with van der Waals surface area (Å²) in [7, 11) is 4.42. The van der Waals surface area contributed by atoms with E-state index in [0.717, 1.165) is 41.8 Å². The molecule has 5 amide bonds. The van der Waals surface area contributed by atoms with Gasteiger partial charge in [0.25, 0.3) is 0 Å². The topological polar surface area (TPSA) is 111 Å². The molecular formula is C36H39ClFN5O5. The van der Waals surface area contributed by atoms with E-state index in [0.29, 0.717) is 58.3 Å². The Kier molecular flexibility index (Phi) is 9.19. The monoisotopic (exact) mass is 675 g/mol. The molecule has 48 heavy (non-hydrogen) atoms. The lowest BCUT2D eigenvalue weighted by molar-refractivity contribution is -0.140. The van der Waals surface area contributed by atoms with E-state index < -0.39 is 29.6 Å². The number of likely N-dealkylation sites (tertiary alicyclic amines) is 1. The second kappa shape index (κ2) is 13.2. The fourth-order valence-electron chi connectivity index (χ4n) is 7.11. The van der Waals surface area contributed by atoms with Gasteiger partial charge in [-0.05, 0) is 74.2 Å². The number of carbonyl (C=O) groups is 4. The van der Waals surface area contributed by atoms with E-state index in [-0.39, 0.29) is 17.9 Å². The molecule has 0 aromatic heterocycles. The maximum Gasteiger partial charge on any atom is 0.326 e. The molecule has 0 bridgehead atoms. The molecule has 3 heterocycles. The predicted molar refractivity (Wildman–Crippen MR) is 181 cm³/mol. The Hall–Kier alpha value is -4.48. The second-order valence-electron chi connectivity index (χ2n) is 12.9. The summed E-state index contributed by atoms with van der Waals surface area (Å²) < 4.78 is 21.5. The van der Waals surface area contributed by atoms with Gasteiger partial charge >= 0.3 is 6.03 Å². The summed E-state index contributed by atoms with van der Waals surface area (Å²) in [5, 5.41) is 6.22. The Morgan fingerprint density at radius 2 is 1.73 bits per heavy atom. The fraction of sp³-hybridized carbons (Fsp3) is 0.389. The van der Waals surface area contributed by atoms with Gasteiger partial charge in [-0.2, -0.15) is 0 Å². The van der Waals surface area contributed by atoms with Crippen molar-refractivity contribution in [1.29, 1.82) is 0 Å². The Morgan fingerprint density at radius 3 is 2.42 bits per heavy atom. The van der Waals surface area contributed by atoms with Crippen molar-refractivity contribution in [3.05, 3.63) is 70.5 Å². The third-order valence-electron chi connectivity index (χ3n) is 10.1. The molecule has 3 aliphatic rings. The van der Waals surface area contributed by atoms with Crippen LogP contribution in [0.2, 0.25) is 5.02 Å². The predicted octanol–water partition coefficient (Wildman–Crippen LogP) is 5.31. The third-order valence-corrected chi connectivity index (χ3v) is 10.6. The highest BCUT2D eigenvalue weighted by molar-refractivity contribution is 6.36. The number of amides is 5. The van der Waals surface area contributed by atoms with Gasteiger partial charge in [-0.15, -0.1) is 0 Å². The van der Waals surface area contributed by atoms with Crippen LogP contribution in [0, 0.1) is 24.1 Å². The lowest BCUT2D eigenvalue weighted by atomic mass is 9.77. The van der Waals surface area contributed by atoms with Crippen molar-refractivity contribution in [2.24, 2.45) is 11.3 Å². The minimum atomic E-state index is -1.04. The number of urea groups is 1. The Bertz CT molecular complexity index is 1810. The average molecular weight is 676 g/mol. The number of nitrogens with one attached hydrogen (secondary N) is 2. The van der Waals surface area contributed by atoms with Crippen LogP contribution in [-0.2, 0) is 20.9 Å². The molecule has 3 aromatic carbocycles. The molecule has 2 N–H and O–H groups in total. The van der Waals surface area contributed by atoms with Crippen LogP contribution in [0.25, 0.3) is 22.3 Å². The number of hydrogen-bond acceptors (Lipinski definition) is 6. The quantitative estimate of drug-likeness (QED) is 0.329. The van der Waals surface area contributed by atoms with Gasteiger partial charge in [0.2, 0.25) is 17.7 Å². The first-order valence-electron chi connectivity index (χ1n) is 16.0. The van der Waals surface area contributed by atoms with Crippen molar-refractivity contribution in [2.45, 2.75) is 32.7 Å². The van der Waals surface area contributed by atoms with Crippen LogP contribution in [0.1, 0.15) is 30.4 Å². The summed E-state index contributed by atoms with van der Waals surface area (Å²) in [5.41, 5.74) is 4.00. The van der Waals surface area contributed by atoms with E-state index >= 15 is 4.39 Å². The van der Waals surface area contributed by atoms with E-state index in [1.807, 2.05) is 31.2 Å². The van der Waals surface area contributed by atoms with Crippen molar-refractivity contribution in [2.75, 3.05) is 52.7 Å². The van der Waals surface area contributed by atoms with Gasteiger partial charge in [0.15, 0.2) is 0 Å². The van der Waals surface area contributed by atoms with Crippen LogP contribution in [0.15, 0.2) is 48.5 Å². The zero-order valence-electron chi connectivity index (χ0n) is 27.5. The average Bonchev–Trinajstić information content (AvgIpc) is 3.43. The van der Waals surface area contributed by atoms with Gasteiger partial charge in [-0.25, -0.2) is 9.18 Å². The molecule has 3 aromatic rings. The van der Waals surface area contributed by atoms with E-state index in [2.05, 4.69) is 15.5 Å². The van der Waals surface area contributed by atoms with Gasteiger partial charge in [0.1, 0.15) is 17.5 Å². The normalized spacial score (nSPS) is 19.5. The van der Waals surface area contributed by atoms with Crippen LogP contribution < -0.4 is 15.4 Å². The number of ether oxygens (including phenoxy) is 1. The summed E-state index contributed by atoms with van der Waals surface area (Å²) in [6.45, 7) is 4.32. The first kappa shape index (κ1) is 33.4. The van der Waals surface area contributed by atoms with Crippen LogP contribution in [-0.4, -0.2) is 85.8 Å². The van der Waals surface area contributed by atoms with Crippen LogP contribution in [0.5, 0.6) is 5.75 Å². The number of halogens is 2. The van der Waals surface area contributed by atoms with Crippen molar-refractivity contribution >= 4 is 41.0 Å². The number of hydrogen-bond donors (Lipinski definition) is 2. The number of carbonyl (C=O) groups excluding carboxylic acids is 4. The molecule has 3 fully saturated rings. The second-order valence-corrected chi connectivity index (χ2v) is 13.3. The van der Waals surface area contributed by atoms with Gasteiger partial charge in [0.05, 0.1) is 17.5 Å². The fourth-order valence-corrected chi connectivity index (χ4v) is 7.45. The standard InChI is InChI=1S/C36H39ClFN5O5/c1-21-23(7-6-10-29(21)40-32(44)27-19-41(2)35(47)42(3)33(27)45)25-9-5-8-24(31(25)37)22-17-28(38)26(30(18-22)48-4)20-43-15-12-36(13-16-43)11-14-39-34(36)46/h5-10,17-18,27H,11-16,19-20H2,1-4H3,(H,39,46)(H,40,44). The smallest absolute Gasteiger partial charge is 0.326 e. The highest BCUT2D eigenvalue weighted by Gasteiger charge is 2.44. The number of methoxy groups -OCH3 is 1. The van der Waals surface area contributed by atoms with Gasteiger partial charge in [-0.1, -0.05) is 41.9 Å². The lowest BCUT2D eigenvalue weighted by Gasteiger charge is -2.37. The molecule has 6 rings (SSSR count).